The highest BCUT2D eigenvalue weighted by atomic mass is 16.5. The van der Waals surface area contributed by atoms with E-state index in [-0.39, 0.29) is 11.6 Å². The van der Waals surface area contributed by atoms with E-state index in [2.05, 4.69) is 4.98 Å². The highest BCUT2D eigenvalue weighted by molar-refractivity contribution is 5.75. The summed E-state index contributed by atoms with van der Waals surface area (Å²) in [7, 11) is 1.59. The number of nitrogens with zero attached hydrogens (tertiary/aromatic N) is 2. The van der Waals surface area contributed by atoms with Gasteiger partial charge in [0.25, 0.3) is 0 Å². The summed E-state index contributed by atoms with van der Waals surface area (Å²) in [4.78, 5) is 15.5. The van der Waals surface area contributed by atoms with E-state index in [1.165, 1.54) is 0 Å². The molecule has 0 amide bonds. The quantitative estimate of drug-likeness (QED) is 0.453. The third-order valence-corrected chi connectivity index (χ3v) is 3.85. The lowest BCUT2D eigenvalue weighted by Gasteiger charge is -2.10. The summed E-state index contributed by atoms with van der Waals surface area (Å²) in [5.74, 6) is 1.17. The molecule has 0 fully saturated rings. The Morgan fingerprint density at radius 2 is 2.08 bits per heavy atom. The largest absolute Gasteiger partial charge is 0.496 e. The zero-order valence-electron chi connectivity index (χ0n) is 13.6. The molecule has 0 radical (unpaired) electrons. The molecule has 0 aliphatic heterocycles. The van der Waals surface area contributed by atoms with Gasteiger partial charge in [0.15, 0.2) is 5.76 Å². The minimum absolute atomic E-state index is 0.0800. The van der Waals surface area contributed by atoms with Crippen LogP contribution in [0.4, 0.5) is 0 Å². The van der Waals surface area contributed by atoms with Crippen molar-refractivity contribution in [2.75, 3.05) is 7.11 Å². The summed E-state index contributed by atoms with van der Waals surface area (Å²) in [6, 6.07) is 9.16. The van der Waals surface area contributed by atoms with Gasteiger partial charge in [0.2, 0.25) is 6.29 Å². The molecule has 0 aliphatic carbocycles. The maximum absolute atomic E-state index is 11.1. The molecule has 3 rings (SSSR count). The molecule has 0 aliphatic rings. The topological polar surface area (TPSA) is 76.4 Å². The number of hydrogen-bond acceptors (Lipinski definition) is 5. The molecule has 0 bridgehead atoms. The van der Waals surface area contributed by atoms with E-state index < -0.39 is 0 Å². The van der Waals surface area contributed by atoms with E-state index in [9.17, 15) is 10.0 Å². The van der Waals surface area contributed by atoms with Crippen LogP contribution in [0.2, 0.25) is 0 Å². The number of ether oxygens (including phenoxy) is 1. The second-order valence-electron chi connectivity index (χ2n) is 5.36. The number of carbonyl (C=O) groups is 1. The monoisotopic (exact) mass is 325 g/mol. The fraction of sp³-hybridized carbons (Fsp3) is 0.167. The van der Waals surface area contributed by atoms with E-state index in [1.54, 1.807) is 32.4 Å². The molecule has 1 aromatic carbocycles. The van der Waals surface area contributed by atoms with E-state index in [0.29, 0.717) is 23.4 Å². The molecule has 2 heterocycles. The SMILES string of the molecule is COc1ccc(-c2oc(C)c(C=O)[n+]2O)cc1-c1ncccc1C. The van der Waals surface area contributed by atoms with Gasteiger partial charge in [-0.3, -0.25) is 15.0 Å². The zero-order chi connectivity index (χ0) is 17.3. The van der Waals surface area contributed by atoms with Crippen LogP contribution in [0, 0.1) is 13.8 Å². The molecule has 2 aromatic heterocycles. The molecule has 0 saturated carbocycles. The Kier molecular flexibility index (Phi) is 4.04. The third-order valence-electron chi connectivity index (χ3n) is 3.85. The first kappa shape index (κ1) is 15.7. The Morgan fingerprint density at radius 3 is 2.71 bits per heavy atom. The van der Waals surface area contributed by atoms with Gasteiger partial charge in [-0.2, -0.15) is 0 Å². The Labute approximate surface area is 138 Å². The number of carbonyl (C=O) groups excluding carboxylic acids is 1. The summed E-state index contributed by atoms with van der Waals surface area (Å²) in [6.45, 7) is 3.58. The van der Waals surface area contributed by atoms with Gasteiger partial charge in [-0.1, -0.05) is 6.07 Å². The van der Waals surface area contributed by atoms with Crippen LogP contribution in [0.5, 0.6) is 5.75 Å². The average Bonchev–Trinajstić information content (AvgIpc) is 2.88. The second-order valence-corrected chi connectivity index (χ2v) is 5.36. The number of aldehydes is 1. The van der Waals surface area contributed by atoms with Gasteiger partial charge >= 0.3 is 11.6 Å². The van der Waals surface area contributed by atoms with Crippen molar-refractivity contribution in [3.8, 4) is 28.5 Å². The Morgan fingerprint density at radius 1 is 1.29 bits per heavy atom. The molecular weight excluding hydrogens is 308 g/mol. The first-order valence-electron chi connectivity index (χ1n) is 7.37. The summed E-state index contributed by atoms with van der Waals surface area (Å²) in [6.07, 6.45) is 2.26. The number of aromatic nitrogens is 2. The highest BCUT2D eigenvalue weighted by Crippen LogP contribution is 2.34. The van der Waals surface area contributed by atoms with Gasteiger partial charge in [-0.15, -0.1) is 0 Å². The highest BCUT2D eigenvalue weighted by Gasteiger charge is 2.29. The minimum Gasteiger partial charge on any atom is -0.496 e. The summed E-state index contributed by atoms with van der Waals surface area (Å²) in [5, 5.41) is 10.2. The van der Waals surface area contributed by atoms with Crippen molar-refractivity contribution in [1.82, 2.24) is 4.98 Å². The molecule has 1 N–H and O–H groups in total. The van der Waals surface area contributed by atoms with E-state index >= 15 is 0 Å². The molecule has 24 heavy (non-hydrogen) atoms. The Hall–Kier alpha value is -3.15. The number of oxazole rings is 1. The molecule has 6 nitrogen and oxygen atoms in total. The van der Waals surface area contributed by atoms with Crippen LogP contribution in [0.25, 0.3) is 22.7 Å². The van der Waals surface area contributed by atoms with Crippen LogP contribution in [0.3, 0.4) is 0 Å². The summed E-state index contributed by atoms with van der Waals surface area (Å²) in [5.41, 5.74) is 3.23. The lowest BCUT2D eigenvalue weighted by molar-refractivity contribution is -0.898. The van der Waals surface area contributed by atoms with Crippen molar-refractivity contribution >= 4 is 6.29 Å². The maximum Gasteiger partial charge on any atom is 0.430 e. The molecule has 6 heteroatoms. The van der Waals surface area contributed by atoms with Crippen molar-refractivity contribution in [1.29, 1.82) is 0 Å². The van der Waals surface area contributed by atoms with Gasteiger partial charge in [-0.25, -0.2) is 0 Å². The minimum atomic E-state index is 0.0800. The number of benzene rings is 1. The van der Waals surface area contributed by atoms with Gasteiger partial charge in [-0.05, 0) is 36.8 Å². The van der Waals surface area contributed by atoms with Crippen LogP contribution >= 0.6 is 0 Å². The van der Waals surface area contributed by atoms with Crippen molar-refractivity contribution in [2.45, 2.75) is 13.8 Å². The average molecular weight is 325 g/mol. The molecule has 3 aromatic rings. The van der Waals surface area contributed by atoms with Gasteiger partial charge in [0, 0.05) is 18.7 Å². The number of methoxy groups -OCH3 is 1. The normalized spacial score (nSPS) is 10.6. The van der Waals surface area contributed by atoms with E-state index in [1.807, 2.05) is 25.1 Å². The number of aryl methyl sites for hydroxylation is 2. The third kappa shape index (κ3) is 2.52. The predicted octanol–water partition coefficient (Wildman–Crippen LogP) is 2.97. The van der Waals surface area contributed by atoms with E-state index in [0.717, 1.165) is 21.6 Å². The van der Waals surface area contributed by atoms with Crippen LogP contribution in [0.1, 0.15) is 21.8 Å². The molecule has 122 valence electrons. The molecule has 0 unspecified atom stereocenters. The molecule has 0 atom stereocenters. The second kappa shape index (κ2) is 6.16. The zero-order valence-corrected chi connectivity index (χ0v) is 13.6. The van der Waals surface area contributed by atoms with Gasteiger partial charge in [0.1, 0.15) is 5.75 Å². The fourth-order valence-corrected chi connectivity index (χ4v) is 2.61. The smallest absolute Gasteiger partial charge is 0.430 e. The van der Waals surface area contributed by atoms with Gasteiger partial charge in [0.05, 0.1) is 23.1 Å². The van der Waals surface area contributed by atoms with Crippen LogP contribution in [-0.2, 0) is 0 Å². The fourth-order valence-electron chi connectivity index (χ4n) is 2.61. The first-order chi connectivity index (χ1) is 11.6. The lowest BCUT2D eigenvalue weighted by Crippen LogP contribution is -2.34. The molecule has 0 spiro atoms. The molecular formula is C18H17N2O4+. The van der Waals surface area contributed by atoms with Crippen molar-refractivity contribution < 1.29 is 23.9 Å². The predicted molar refractivity (Wildman–Crippen MR) is 86.2 cm³/mol. The van der Waals surface area contributed by atoms with Crippen molar-refractivity contribution in [3.63, 3.8) is 0 Å². The maximum atomic E-state index is 11.1. The van der Waals surface area contributed by atoms with Crippen molar-refractivity contribution in [2.24, 2.45) is 0 Å². The first-order valence-corrected chi connectivity index (χ1v) is 7.37. The van der Waals surface area contributed by atoms with Gasteiger partial charge < -0.3 is 9.15 Å². The van der Waals surface area contributed by atoms with Crippen LogP contribution in [-0.4, -0.2) is 23.6 Å². The van der Waals surface area contributed by atoms with Crippen LogP contribution in [0.15, 0.2) is 40.9 Å². The van der Waals surface area contributed by atoms with E-state index in [4.69, 9.17) is 9.15 Å². The Balaban J connectivity index is 2.21. The Bertz CT molecular complexity index is 915. The summed E-state index contributed by atoms with van der Waals surface area (Å²) >= 11 is 0. The number of rotatable bonds is 4. The number of hydrogen-bond donors (Lipinski definition) is 1. The van der Waals surface area contributed by atoms with Crippen molar-refractivity contribution in [3.05, 3.63) is 53.5 Å². The number of pyridine rings is 1. The molecule has 0 saturated heterocycles. The standard InChI is InChI=1S/C18H17N2O4/c1-11-5-4-8-19-17(11)14-9-13(6-7-16(14)23-3)18-20(22)15(10-21)12(2)24-18/h4-10,22H,1-3H3/q+1. The summed E-state index contributed by atoms with van der Waals surface area (Å²) < 4.78 is 11.7. The van der Waals surface area contributed by atoms with Crippen LogP contribution < -0.4 is 9.47 Å². The lowest BCUT2D eigenvalue weighted by atomic mass is 10.0.